The van der Waals surface area contributed by atoms with Crippen LogP contribution in [0.1, 0.15) is 19.3 Å². The van der Waals surface area contributed by atoms with Crippen molar-refractivity contribution in [3.8, 4) is 5.75 Å². The quantitative estimate of drug-likeness (QED) is 0.775. The lowest BCUT2D eigenvalue weighted by molar-refractivity contribution is -0.123. The number of ether oxygens (including phenoxy) is 1. The number of para-hydroxylation sites is 2. The molecule has 104 valence electrons. The molecule has 1 aliphatic heterocycles. The number of hydrogen-bond donors (Lipinski definition) is 0. The molecule has 4 heteroatoms. The highest BCUT2D eigenvalue weighted by atomic mass is 16.5. The fourth-order valence-electron chi connectivity index (χ4n) is 4.46. The van der Waals surface area contributed by atoms with Gasteiger partial charge in [0.2, 0.25) is 11.8 Å². The molecule has 1 aromatic rings. The monoisotopic (exact) mass is 271 g/mol. The van der Waals surface area contributed by atoms with Gasteiger partial charge in [0.05, 0.1) is 24.6 Å². The number of fused-ring (bicyclic) bond motifs is 5. The van der Waals surface area contributed by atoms with Crippen molar-refractivity contribution in [3.63, 3.8) is 0 Å². The Balaban J connectivity index is 1.77. The molecule has 2 bridgehead atoms. The molecule has 4 nitrogen and oxygen atoms in total. The van der Waals surface area contributed by atoms with E-state index in [1.54, 1.807) is 19.2 Å². The van der Waals surface area contributed by atoms with Gasteiger partial charge in [-0.05, 0) is 43.2 Å². The summed E-state index contributed by atoms with van der Waals surface area (Å²) in [7, 11) is 1.56. The zero-order valence-corrected chi connectivity index (χ0v) is 11.4. The highest BCUT2D eigenvalue weighted by Gasteiger charge is 2.61. The first-order valence-electron chi connectivity index (χ1n) is 7.23. The van der Waals surface area contributed by atoms with E-state index in [1.807, 2.05) is 12.1 Å². The van der Waals surface area contributed by atoms with E-state index in [1.165, 1.54) is 4.90 Å². The number of carbonyl (C=O) groups is 2. The predicted molar refractivity (Wildman–Crippen MR) is 73.3 cm³/mol. The average molecular weight is 271 g/mol. The van der Waals surface area contributed by atoms with E-state index in [0.717, 1.165) is 19.3 Å². The molecule has 0 spiro atoms. The minimum absolute atomic E-state index is 0.0169. The number of benzene rings is 1. The van der Waals surface area contributed by atoms with Crippen LogP contribution >= 0.6 is 0 Å². The van der Waals surface area contributed by atoms with E-state index in [9.17, 15) is 9.59 Å². The van der Waals surface area contributed by atoms with Crippen molar-refractivity contribution in [1.29, 1.82) is 0 Å². The normalized spacial score (nSPS) is 34.8. The molecule has 3 aliphatic rings. The zero-order chi connectivity index (χ0) is 13.9. The van der Waals surface area contributed by atoms with Gasteiger partial charge in [0.15, 0.2) is 0 Å². The summed E-state index contributed by atoms with van der Waals surface area (Å²) in [6, 6.07) is 7.26. The highest BCUT2D eigenvalue weighted by molar-refractivity contribution is 6.23. The smallest absolute Gasteiger partial charge is 0.238 e. The Morgan fingerprint density at radius 1 is 1.05 bits per heavy atom. The molecule has 1 heterocycles. The van der Waals surface area contributed by atoms with E-state index < -0.39 is 0 Å². The van der Waals surface area contributed by atoms with Crippen molar-refractivity contribution in [2.24, 2.45) is 23.7 Å². The SMILES string of the molecule is COc1ccccc1N1C(=O)[C@@H]2[C@H]3CC[C@@H](C3)[C@H]2C1=O. The number of hydrogen-bond acceptors (Lipinski definition) is 3. The molecule has 4 atom stereocenters. The van der Waals surface area contributed by atoms with Crippen LogP contribution in [0.4, 0.5) is 5.69 Å². The maximum Gasteiger partial charge on any atom is 0.238 e. The van der Waals surface area contributed by atoms with Crippen LogP contribution in [0.3, 0.4) is 0 Å². The lowest BCUT2D eigenvalue weighted by Gasteiger charge is -2.19. The van der Waals surface area contributed by atoms with Crippen molar-refractivity contribution in [1.82, 2.24) is 0 Å². The second-order valence-electron chi connectivity index (χ2n) is 6.07. The Hall–Kier alpha value is -1.84. The van der Waals surface area contributed by atoms with E-state index in [-0.39, 0.29) is 23.7 Å². The molecule has 2 saturated carbocycles. The second kappa shape index (κ2) is 4.08. The number of carbonyl (C=O) groups excluding carboxylic acids is 2. The standard InChI is InChI=1S/C16H17NO3/c1-20-12-5-3-2-4-11(12)17-15(18)13-9-6-7-10(8-9)14(13)16(17)19/h2-5,9-10,13-14H,6-8H2,1H3/t9-,10-,13+,14+/m0/s1. The van der Waals surface area contributed by atoms with Crippen LogP contribution in [0.5, 0.6) is 5.75 Å². The van der Waals surface area contributed by atoms with Crippen molar-refractivity contribution in [2.45, 2.75) is 19.3 Å². The molecule has 2 amide bonds. The molecule has 0 unspecified atom stereocenters. The first kappa shape index (κ1) is 11.9. The van der Waals surface area contributed by atoms with Crippen LogP contribution in [0, 0.1) is 23.7 Å². The summed E-state index contributed by atoms with van der Waals surface area (Å²) >= 11 is 0. The van der Waals surface area contributed by atoms with Gasteiger partial charge in [-0.2, -0.15) is 0 Å². The van der Waals surface area contributed by atoms with Crippen molar-refractivity contribution in [3.05, 3.63) is 24.3 Å². The summed E-state index contributed by atoms with van der Waals surface area (Å²) in [6.45, 7) is 0. The molecule has 1 aromatic carbocycles. The summed E-state index contributed by atoms with van der Waals surface area (Å²) in [5.41, 5.74) is 0.596. The van der Waals surface area contributed by atoms with Crippen LogP contribution in [0.25, 0.3) is 0 Å². The Labute approximate surface area is 117 Å². The van der Waals surface area contributed by atoms with E-state index in [0.29, 0.717) is 23.3 Å². The second-order valence-corrected chi connectivity index (χ2v) is 6.07. The molecular formula is C16H17NO3. The third kappa shape index (κ3) is 1.37. The van der Waals surface area contributed by atoms with Gasteiger partial charge in [0, 0.05) is 0 Å². The van der Waals surface area contributed by atoms with Gasteiger partial charge in [-0.1, -0.05) is 12.1 Å². The van der Waals surface area contributed by atoms with Crippen molar-refractivity contribution < 1.29 is 14.3 Å². The maximum absolute atomic E-state index is 12.7. The Morgan fingerprint density at radius 3 is 2.25 bits per heavy atom. The predicted octanol–water partition coefficient (Wildman–Crippen LogP) is 2.23. The van der Waals surface area contributed by atoms with Crippen LogP contribution in [0.2, 0.25) is 0 Å². The third-order valence-corrected chi connectivity index (χ3v) is 5.25. The lowest BCUT2D eigenvalue weighted by Crippen LogP contribution is -2.33. The first-order chi connectivity index (χ1) is 9.72. The van der Waals surface area contributed by atoms with Crippen LogP contribution in [-0.4, -0.2) is 18.9 Å². The van der Waals surface area contributed by atoms with Crippen LogP contribution in [0.15, 0.2) is 24.3 Å². The van der Waals surface area contributed by atoms with Crippen LogP contribution < -0.4 is 9.64 Å². The lowest BCUT2D eigenvalue weighted by atomic mass is 9.81. The fourth-order valence-corrected chi connectivity index (χ4v) is 4.46. The van der Waals surface area contributed by atoms with Gasteiger partial charge in [-0.3, -0.25) is 9.59 Å². The molecule has 3 fully saturated rings. The van der Waals surface area contributed by atoms with Gasteiger partial charge >= 0.3 is 0 Å². The van der Waals surface area contributed by atoms with Crippen molar-refractivity contribution in [2.75, 3.05) is 12.0 Å². The largest absolute Gasteiger partial charge is 0.495 e. The number of rotatable bonds is 2. The highest BCUT2D eigenvalue weighted by Crippen LogP contribution is 2.57. The number of imide groups is 1. The Morgan fingerprint density at radius 2 is 1.65 bits per heavy atom. The molecule has 4 rings (SSSR count). The van der Waals surface area contributed by atoms with Crippen LogP contribution in [-0.2, 0) is 9.59 Å². The fraction of sp³-hybridized carbons (Fsp3) is 0.500. The van der Waals surface area contributed by atoms with Gasteiger partial charge in [-0.25, -0.2) is 4.90 Å². The minimum Gasteiger partial charge on any atom is -0.495 e. The topological polar surface area (TPSA) is 46.6 Å². The molecule has 0 aromatic heterocycles. The van der Waals surface area contributed by atoms with Gasteiger partial charge in [0.1, 0.15) is 5.75 Å². The zero-order valence-electron chi connectivity index (χ0n) is 11.4. The van der Waals surface area contributed by atoms with E-state index >= 15 is 0 Å². The minimum atomic E-state index is -0.0776. The third-order valence-electron chi connectivity index (χ3n) is 5.25. The Bertz CT molecular complexity index is 569. The van der Waals surface area contributed by atoms with Gasteiger partial charge in [-0.15, -0.1) is 0 Å². The number of anilines is 1. The summed E-state index contributed by atoms with van der Waals surface area (Å²) in [6.07, 6.45) is 3.27. The van der Waals surface area contributed by atoms with E-state index in [4.69, 9.17) is 4.74 Å². The molecule has 1 saturated heterocycles. The van der Waals surface area contributed by atoms with Crippen molar-refractivity contribution >= 4 is 17.5 Å². The molecule has 20 heavy (non-hydrogen) atoms. The summed E-state index contributed by atoms with van der Waals surface area (Å²) in [4.78, 5) is 26.8. The molecule has 2 aliphatic carbocycles. The van der Waals surface area contributed by atoms with E-state index in [2.05, 4.69) is 0 Å². The molecule has 0 N–H and O–H groups in total. The summed E-state index contributed by atoms with van der Waals surface area (Å²) in [5, 5.41) is 0. The number of amides is 2. The summed E-state index contributed by atoms with van der Waals surface area (Å²) < 4.78 is 5.30. The molecule has 0 radical (unpaired) electrons. The Kier molecular flexibility index (Phi) is 2.43. The number of nitrogens with zero attached hydrogens (tertiary/aromatic N) is 1. The van der Waals surface area contributed by atoms with Gasteiger partial charge in [0.25, 0.3) is 0 Å². The first-order valence-corrected chi connectivity index (χ1v) is 7.23. The number of methoxy groups -OCH3 is 1. The van der Waals surface area contributed by atoms with Gasteiger partial charge < -0.3 is 4.74 Å². The maximum atomic E-state index is 12.7. The average Bonchev–Trinajstić information content (AvgIpc) is 3.13. The molecular weight excluding hydrogens is 254 g/mol. The summed E-state index contributed by atoms with van der Waals surface area (Å²) in [5.74, 6) is 1.23.